The van der Waals surface area contributed by atoms with Crippen molar-refractivity contribution >= 4 is 11.7 Å². The van der Waals surface area contributed by atoms with Gasteiger partial charge in [0.1, 0.15) is 0 Å². The molecule has 0 saturated carbocycles. The summed E-state index contributed by atoms with van der Waals surface area (Å²) in [7, 11) is 3.51. The lowest BCUT2D eigenvalue weighted by Crippen LogP contribution is -2.57. The molecule has 110 valence electrons. The first-order valence-electron chi connectivity index (χ1n) is 6.45. The van der Waals surface area contributed by atoms with Crippen LogP contribution >= 0.6 is 0 Å². The van der Waals surface area contributed by atoms with Gasteiger partial charge in [-0.25, -0.2) is 4.57 Å². The van der Waals surface area contributed by atoms with Crippen molar-refractivity contribution in [3.63, 3.8) is 0 Å². The van der Waals surface area contributed by atoms with E-state index in [0.29, 0.717) is 18.8 Å². The van der Waals surface area contributed by atoms with E-state index in [9.17, 15) is 14.9 Å². The van der Waals surface area contributed by atoms with Crippen LogP contribution in [0.1, 0.15) is 10.5 Å². The van der Waals surface area contributed by atoms with Gasteiger partial charge in [-0.05, 0) is 18.0 Å². The lowest BCUT2D eigenvalue weighted by Gasteiger charge is -2.39. The fourth-order valence-electron chi connectivity index (χ4n) is 2.53. The van der Waals surface area contributed by atoms with Crippen LogP contribution < -0.4 is 5.73 Å². The van der Waals surface area contributed by atoms with E-state index in [1.807, 2.05) is 7.05 Å². The Morgan fingerprint density at radius 3 is 2.70 bits per heavy atom. The summed E-state index contributed by atoms with van der Waals surface area (Å²) in [5.74, 6) is -0.295. The minimum absolute atomic E-state index is 0.0600. The van der Waals surface area contributed by atoms with Crippen molar-refractivity contribution in [3.05, 3.63) is 27.9 Å². The van der Waals surface area contributed by atoms with Gasteiger partial charge >= 0.3 is 5.82 Å². The standard InChI is InChI=1S/C12H19N5O3/c1-14-5-6-16(9(7-13)8-14)12(18)10-3-4-11(15(10)2)17(19)20/h3-4,9H,5-8,13H2,1-2H3. The Bertz CT molecular complexity index is 527. The molecule has 0 spiro atoms. The van der Waals surface area contributed by atoms with Gasteiger partial charge in [-0.3, -0.25) is 4.79 Å². The second-order valence-electron chi connectivity index (χ2n) is 5.04. The predicted octanol–water partition coefficient (Wildman–Crippen LogP) is -0.352. The van der Waals surface area contributed by atoms with Crippen LogP contribution in [-0.2, 0) is 7.05 Å². The van der Waals surface area contributed by atoms with Crippen molar-refractivity contribution in [1.29, 1.82) is 0 Å². The minimum Gasteiger partial charge on any atom is -0.358 e. The van der Waals surface area contributed by atoms with Gasteiger partial charge in [0.15, 0.2) is 5.69 Å². The Labute approximate surface area is 116 Å². The normalized spacial score (nSPS) is 20.1. The van der Waals surface area contributed by atoms with Crippen molar-refractivity contribution in [1.82, 2.24) is 14.4 Å². The SMILES string of the molecule is CN1CCN(C(=O)c2ccc([N+](=O)[O-])n2C)C(CN)C1. The number of hydrogen-bond donors (Lipinski definition) is 1. The van der Waals surface area contributed by atoms with E-state index in [-0.39, 0.29) is 17.8 Å². The van der Waals surface area contributed by atoms with Gasteiger partial charge in [-0.1, -0.05) is 0 Å². The smallest absolute Gasteiger partial charge is 0.323 e. The zero-order chi connectivity index (χ0) is 14.9. The van der Waals surface area contributed by atoms with E-state index in [2.05, 4.69) is 4.90 Å². The molecule has 1 saturated heterocycles. The highest BCUT2D eigenvalue weighted by molar-refractivity contribution is 5.93. The van der Waals surface area contributed by atoms with E-state index < -0.39 is 4.92 Å². The number of hydrogen-bond acceptors (Lipinski definition) is 5. The van der Waals surface area contributed by atoms with Gasteiger partial charge in [-0.2, -0.15) is 0 Å². The first kappa shape index (κ1) is 14.5. The first-order chi connectivity index (χ1) is 9.45. The molecule has 0 radical (unpaired) electrons. The number of carbonyl (C=O) groups excluding carboxylic acids is 1. The van der Waals surface area contributed by atoms with Gasteiger partial charge < -0.3 is 25.6 Å². The lowest BCUT2D eigenvalue weighted by atomic mass is 10.1. The summed E-state index contributed by atoms with van der Waals surface area (Å²) in [5, 5.41) is 10.8. The molecule has 2 heterocycles. The number of nitro groups is 1. The molecular formula is C12H19N5O3. The molecule has 1 fully saturated rings. The number of nitrogens with zero attached hydrogens (tertiary/aromatic N) is 4. The summed E-state index contributed by atoms with van der Waals surface area (Å²) in [6, 6.07) is 2.78. The van der Waals surface area contributed by atoms with Crippen molar-refractivity contribution < 1.29 is 9.72 Å². The maximum Gasteiger partial charge on any atom is 0.323 e. The van der Waals surface area contributed by atoms with Crippen molar-refractivity contribution in [2.75, 3.05) is 33.2 Å². The number of piperazine rings is 1. The van der Waals surface area contributed by atoms with Gasteiger partial charge in [-0.15, -0.1) is 0 Å². The van der Waals surface area contributed by atoms with E-state index >= 15 is 0 Å². The van der Waals surface area contributed by atoms with Crippen molar-refractivity contribution in [3.8, 4) is 0 Å². The summed E-state index contributed by atoms with van der Waals surface area (Å²) in [6.07, 6.45) is 0. The molecule has 1 aromatic heterocycles. The van der Waals surface area contributed by atoms with E-state index in [0.717, 1.165) is 13.1 Å². The van der Waals surface area contributed by atoms with Gasteiger partial charge in [0.05, 0.1) is 13.1 Å². The zero-order valence-corrected chi connectivity index (χ0v) is 11.7. The monoisotopic (exact) mass is 281 g/mol. The number of likely N-dealkylation sites (N-methyl/N-ethyl adjacent to an activating group) is 1. The summed E-state index contributed by atoms with van der Waals surface area (Å²) in [5.41, 5.74) is 6.05. The molecule has 0 aliphatic carbocycles. The lowest BCUT2D eigenvalue weighted by molar-refractivity contribution is -0.391. The molecule has 8 heteroatoms. The van der Waals surface area contributed by atoms with Crippen LogP contribution in [0.5, 0.6) is 0 Å². The quantitative estimate of drug-likeness (QED) is 0.603. The fraction of sp³-hybridized carbons (Fsp3) is 0.583. The molecule has 1 amide bonds. The summed E-state index contributed by atoms with van der Waals surface area (Å²) < 4.78 is 1.31. The molecule has 0 aromatic carbocycles. The molecule has 0 bridgehead atoms. The minimum atomic E-state index is -0.499. The van der Waals surface area contributed by atoms with Gasteiger partial charge in [0, 0.05) is 32.2 Å². The van der Waals surface area contributed by atoms with Crippen LogP contribution in [0.3, 0.4) is 0 Å². The second kappa shape index (κ2) is 5.59. The van der Waals surface area contributed by atoms with Crippen LogP contribution in [0.25, 0.3) is 0 Å². The highest BCUT2D eigenvalue weighted by Crippen LogP contribution is 2.19. The van der Waals surface area contributed by atoms with E-state index in [4.69, 9.17) is 5.73 Å². The predicted molar refractivity (Wildman–Crippen MR) is 73.4 cm³/mol. The third kappa shape index (κ3) is 2.52. The maximum atomic E-state index is 12.5. The second-order valence-corrected chi connectivity index (χ2v) is 5.04. The van der Waals surface area contributed by atoms with Crippen molar-refractivity contribution in [2.24, 2.45) is 12.8 Å². The zero-order valence-electron chi connectivity index (χ0n) is 11.7. The van der Waals surface area contributed by atoms with Crippen LogP contribution in [0.2, 0.25) is 0 Å². The maximum absolute atomic E-state index is 12.5. The fourth-order valence-corrected chi connectivity index (χ4v) is 2.53. The highest BCUT2D eigenvalue weighted by atomic mass is 16.6. The summed E-state index contributed by atoms with van der Waals surface area (Å²) in [4.78, 5) is 26.7. The molecule has 1 unspecified atom stereocenters. The molecule has 1 aromatic rings. The largest absolute Gasteiger partial charge is 0.358 e. The van der Waals surface area contributed by atoms with Crippen LogP contribution in [0, 0.1) is 10.1 Å². The molecule has 1 aliphatic heterocycles. The molecule has 2 rings (SSSR count). The average Bonchev–Trinajstić information content (AvgIpc) is 2.79. The first-order valence-corrected chi connectivity index (χ1v) is 6.45. The van der Waals surface area contributed by atoms with E-state index in [1.165, 1.54) is 23.7 Å². The number of aromatic nitrogens is 1. The third-order valence-electron chi connectivity index (χ3n) is 3.72. The number of rotatable bonds is 3. The molecule has 20 heavy (non-hydrogen) atoms. The van der Waals surface area contributed by atoms with Crippen LogP contribution in [0.15, 0.2) is 12.1 Å². The Morgan fingerprint density at radius 1 is 1.45 bits per heavy atom. The molecule has 8 nitrogen and oxygen atoms in total. The average molecular weight is 281 g/mol. The molecule has 2 N–H and O–H groups in total. The Kier molecular flexibility index (Phi) is 4.05. The summed E-state index contributed by atoms with van der Waals surface area (Å²) >= 11 is 0. The van der Waals surface area contributed by atoms with E-state index in [1.54, 1.807) is 4.90 Å². The topological polar surface area (TPSA) is 97.6 Å². The highest BCUT2D eigenvalue weighted by Gasteiger charge is 2.32. The molecule has 1 atom stereocenters. The van der Waals surface area contributed by atoms with Gasteiger partial charge in [0.2, 0.25) is 0 Å². The number of nitrogens with two attached hydrogens (primary N) is 1. The Balaban J connectivity index is 2.24. The van der Waals surface area contributed by atoms with Crippen LogP contribution in [0.4, 0.5) is 5.82 Å². The molecular weight excluding hydrogens is 262 g/mol. The Morgan fingerprint density at radius 2 is 2.15 bits per heavy atom. The number of carbonyl (C=O) groups is 1. The Hall–Kier alpha value is -1.93. The van der Waals surface area contributed by atoms with Crippen LogP contribution in [-0.4, -0.2) is 64.5 Å². The van der Waals surface area contributed by atoms with Crippen molar-refractivity contribution in [2.45, 2.75) is 6.04 Å². The van der Waals surface area contributed by atoms with Gasteiger partial charge in [0.25, 0.3) is 5.91 Å². The third-order valence-corrected chi connectivity index (χ3v) is 3.72. The summed E-state index contributed by atoms with van der Waals surface area (Å²) in [6.45, 7) is 2.45. The number of amides is 1. The molecule has 1 aliphatic rings.